The fourth-order valence-corrected chi connectivity index (χ4v) is 4.05. The Balaban J connectivity index is 1.96. The molecule has 0 bridgehead atoms. The maximum atomic E-state index is 12.3. The lowest BCUT2D eigenvalue weighted by Gasteiger charge is -2.23. The van der Waals surface area contributed by atoms with E-state index in [0.29, 0.717) is 22.2 Å². The minimum absolute atomic E-state index is 0.266. The molecule has 2 rings (SSSR count). The van der Waals surface area contributed by atoms with Crippen LogP contribution < -0.4 is 14.4 Å². The van der Waals surface area contributed by atoms with E-state index in [9.17, 15) is 13.2 Å². The number of hydrogen-bond donors (Lipinski definition) is 1. The van der Waals surface area contributed by atoms with Gasteiger partial charge in [-0.3, -0.25) is 9.10 Å². The van der Waals surface area contributed by atoms with Crippen LogP contribution in [0.3, 0.4) is 0 Å². The molecule has 0 unspecified atom stereocenters. The molecule has 0 spiro atoms. The number of benzene rings is 2. The molecule has 0 saturated heterocycles. The van der Waals surface area contributed by atoms with Crippen molar-refractivity contribution in [1.29, 1.82) is 0 Å². The zero-order valence-electron chi connectivity index (χ0n) is 17.1. The van der Waals surface area contributed by atoms with Crippen molar-refractivity contribution in [2.24, 2.45) is 0 Å². The van der Waals surface area contributed by atoms with Crippen LogP contribution in [0.25, 0.3) is 0 Å². The van der Waals surface area contributed by atoms with Crippen molar-refractivity contribution in [3.63, 3.8) is 0 Å². The van der Waals surface area contributed by atoms with Gasteiger partial charge in [0.15, 0.2) is 0 Å². The third kappa shape index (κ3) is 6.65. The lowest BCUT2D eigenvalue weighted by atomic mass is 10.0. The van der Waals surface area contributed by atoms with Gasteiger partial charge in [0.1, 0.15) is 18.9 Å². The second-order valence-corrected chi connectivity index (χ2v) is 9.43. The van der Waals surface area contributed by atoms with Gasteiger partial charge in [0.25, 0.3) is 0 Å². The van der Waals surface area contributed by atoms with Crippen molar-refractivity contribution in [3.05, 3.63) is 58.6 Å². The van der Waals surface area contributed by atoms with Gasteiger partial charge in [0.05, 0.1) is 18.5 Å². The first-order valence-electron chi connectivity index (χ1n) is 9.32. The van der Waals surface area contributed by atoms with Crippen LogP contribution in [0.15, 0.2) is 42.5 Å². The number of halogens is 1. The number of para-hydroxylation sites is 1. The lowest BCUT2D eigenvalue weighted by Crippen LogP contribution is -2.41. The van der Waals surface area contributed by atoms with Gasteiger partial charge in [0, 0.05) is 5.02 Å². The maximum Gasteiger partial charge on any atom is 0.240 e. The summed E-state index contributed by atoms with van der Waals surface area (Å²) in [5, 5.41) is 3.21. The van der Waals surface area contributed by atoms with Crippen molar-refractivity contribution in [2.75, 3.05) is 30.3 Å². The smallest absolute Gasteiger partial charge is 0.240 e. The van der Waals surface area contributed by atoms with Gasteiger partial charge < -0.3 is 10.1 Å². The van der Waals surface area contributed by atoms with E-state index >= 15 is 0 Å². The van der Waals surface area contributed by atoms with Crippen LogP contribution in [-0.2, 0) is 14.8 Å². The summed E-state index contributed by atoms with van der Waals surface area (Å²) in [5.74, 6) is 0.698. The van der Waals surface area contributed by atoms with Gasteiger partial charge in [-0.2, -0.15) is 0 Å². The highest BCUT2D eigenvalue weighted by Gasteiger charge is 2.22. The summed E-state index contributed by atoms with van der Waals surface area (Å²) in [4.78, 5) is 12.3. The van der Waals surface area contributed by atoms with Gasteiger partial charge in [-0.1, -0.05) is 43.6 Å². The minimum atomic E-state index is -3.64. The minimum Gasteiger partial charge on any atom is -0.491 e. The summed E-state index contributed by atoms with van der Waals surface area (Å²) in [5.41, 5.74) is 2.19. The number of sulfonamides is 1. The summed E-state index contributed by atoms with van der Waals surface area (Å²) >= 11 is 5.95. The van der Waals surface area contributed by atoms with Crippen molar-refractivity contribution < 1.29 is 17.9 Å². The zero-order valence-corrected chi connectivity index (χ0v) is 18.7. The Morgan fingerprint density at radius 2 is 1.90 bits per heavy atom. The summed E-state index contributed by atoms with van der Waals surface area (Å²) in [6.45, 7) is 6.16. The highest BCUT2D eigenvalue weighted by molar-refractivity contribution is 7.92. The average molecular weight is 439 g/mol. The predicted octanol–water partition coefficient (Wildman–Crippen LogP) is 3.73. The zero-order chi connectivity index (χ0) is 21.6. The van der Waals surface area contributed by atoms with Crippen molar-refractivity contribution >= 4 is 33.2 Å². The summed E-state index contributed by atoms with van der Waals surface area (Å²) in [7, 11) is -3.64. The Kier molecular flexibility index (Phi) is 7.93. The van der Waals surface area contributed by atoms with Crippen molar-refractivity contribution in [2.45, 2.75) is 26.7 Å². The molecular formula is C21H27ClN2O4S. The predicted molar refractivity (Wildman–Crippen MR) is 117 cm³/mol. The Labute approximate surface area is 177 Å². The lowest BCUT2D eigenvalue weighted by molar-refractivity contribution is -0.119. The van der Waals surface area contributed by atoms with Crippen LogP contribution in [-0.4, -0.2) is 40.3 Å². The Morgan fingerprint density at radius 1 is 1.21 bits per heavy atom. The maximum absolute atomic E-state index is 12.3. The van der Waals surface area contributed by atoms with Crippen molar-refractivity contribution in [1.82, 2.24) is 5.32 Å². The molecule has 0 aliphatic heterocycles. The van der Waals surface area contributed by atoms with E-state index in [2.05, 4.69) is 19.2 Å². The topological polar surface area (TPSA) is 75.7 Å². The molecule has 29 heavy (non-hydrogen) atoms. The monoisotopic (exact) mass is 438 g/mol. The summed E-state index contributed by atoms with van der Waals surface area (Å²) < 4.78 is 31.3. The van der Waals surface area contributed by atoms with Gasteiger partial charge >= 0.3 is 0 Å². The van der Waals surface area contributed by atoms with Crippen LogP contribution in [0, 0.1) is 6.92 Å². The highest BCUT2D eigenvalue weighted by Crippen LogP contribution is 2.26. The summed E-state index contributed by atoms with van der Waals surface area (Å²) in [6.07, 6.45) is 1.07. The SMILES string of the molecule is Cc1cc(Cl)ccc1N(CC(=O)NCCOc1ccccc1C(C)C)S(C)(=O)=O. The Hall–Kier alpha value is -2.25. The largest absolute Gasteiger partial charge is 0.491 e. The number of ether oxygens (including phenoxy) is 1. The van der Waals surface area contributed by atoms with E-state index < -0.39 is 15.9 Å². The Morgan fingerprint density at radius 3 is 2.52 bits per heavy atom. The van der Waals surface area contributed by atoms with E-state index in [4.69, 9.17) is 16.3 Å². The molecule has 0 heterocycles. The second-order valence-electron chi connectivity index (χ2n) is 7.09. The molecule has 0 aliphatic rings. The Bertz CT molecular complexity index is 961. The van der Waals surface area contributed by atoms with E-state index in [0.717, 1.165) is 21.9 Å². The van der Waals surface area contributed by atoms with Crippen LogP contribution in [0.5, 0.6) is 5.75 Å². The van der Waals surface area contributed by atoms with Gasteiger partial charge in [-0.25, -0.2) is 8.42 Å². The standard InChI is InChI=1S/C21H27ClN2O4S/c1-15(2)18-7-5-6-8-20(18)28-12-11-23-21(25)14-24(29(4,26)27)19-10-9-17(22)13-16(19)3/h5-10,13,15H,11-12,14H2,1-4H3,(H,23,25). The fraction of sp³-hybridized carbons (Fsp3) is 0.381. The number of rotatable bonds is 9. The molecule has 1 N–H and O–H groups in total. The molecule has 0 aliphatic carbocycles. The number of nitrogens with zero attached hydrogens (tertiary/aromatic N) is 1. The normalized spacial score (nSPS) is 11.4. The number of nitrogens with one attached hydrogen (secondary N) is 1. The van der Waals surface area contributed by atoms with Crippen LogP contribution in [0.4, 0.5) is 5.69 Å². The molecule has 158 valence electrons. The third-order valence-corrected chi connectivity index (χ3v) is 5.70. The van der Waals surface area contributed by atoms with Gasteiger partial charge in [-0.15, -0.1) is 0 Å². The highest BCUT2D eigenvalue weighted by atomic mass is 35.5. The molecule has 1 amide bonds. The number of carbonyl (C=O) groups excluding carboxylic acids is 1. The van der Waals surface area contributed by atoms with Gasteiger partial charge in [-0.05, 0) is 48.2 Å². The number of carbonyl (C=O) groups is 1. The molecule has 6 nitrogen and oxygen atoms in total. The van der Waals surface area contributed by atoms with Crippen LogP contribution >= 0.6 is 11.6 Å². The summed E-state index contributed by atoms with van der Waals surface area (Å²) in [6, 6.07) is 12.6. The molecule has 2 aromatic rings. The molecule has 0 radical (unpaired) electrons. The molecule has 2 aromatic carbocycles. The fourth-order valence-electron chi connectivity index (χ4n) is 2.91. The molecular weight excluding hydrogens is 412 g/mol. The first kappa shape index (κ1) is 23.0. The molecule has 0 atom stereocenters. The van der Waals surface area contributed by atoms with Gasteiger partial charge in [0.2, 0.25) is 15.9 Å². The van der Waals surface area contributed by atoms with E-state index in [-0.39, 0.29) is 19.7 Å². The first-order valence-corrected chi connectivity index (χ1v) is 11.5. The van der Waals surface area contributed by atoms with Crippen LogP contribution in [0.2, 0.25) is 5.02 Å². The molecule has 0 saturated carbocycles. The molecule has 8 heteroatoms. The van der Waals surface area contributed by atoms with E-state index in [1.54, 1.807) is 25.1 Å². The van der Waals surface area contributed by atoms with E-state index in [1.165, 1.54) is 0 Å². The molecule has 0 aromatic heterocycles. The number of anilines is 1. The molecule has 0 fully saturated rings. The third-order valence-electron chi connectivity index (χ3n) is 4.34. The van der Waals surface area contributed by atoms with Crippen LogP contribution in [0.1, 0.15) is 30.9 Å². The quantitative estimate of drug-likeness (QED) is 0.605. The first-order chi connectivity index (χ1) is 13.6. The average Bonchev–Trinajstić information content (AvgIpc) is 2.63. The second kappa shape index (κ2) is 9.98. The van der Waals surface area contributed by atoms with E-state index in [1.807, 2.05) is 24.3 Å². The number of aryl methyl sites for hydroxylation is 1. The van der Waals surface area contributed by atoms with Crippen molar-refractivity contribution in [3.8, 4) is 5.75 Å². The number of hydrogen-bond acceptors (Lipinski definition) is 4. The number of amides is 1.